The van der Waals surface area contributed by atoms with E-state index in [1.165, 1.54) is 12.3 Å². The monoisotopic (exact) mass is 287 g/mol. The molecule has 0 radical (unpaired) electrons. The molecule has 1 aliphatic rings. The number of benzene rings is 1. The van der Waals surface area contributed by atoms with E-state index in [1.54, 1.807) is 36.4 Å². The molecule has 1 aromatic rings. The van der Waals surface area contributed by atoms with Crippen molar-refractivity contribution < 1.29 is 4.79 Å². The lowest BCUT2D eigenvalue weighted by molar-refractivity contribution is -0.118. The number of carbonyl (C=O) groups is 1. The van der Waals surface area contributed by atoms with Gasteiger partial charge in [0.25, 0.3) is 5.91 Å². The topological polar surface area (TPSA) is 113 Å². The molecule has 0 N–H and O–H groups in total. The molecule has 0 spiro atoms. The summed E-state index contributed by atoms with van der Waals surface area (Å²) < 4.78 is 0. The molecule has 2 rings (SSSR count). The summed E-state index contributed by atoms with van der Waals surface area (Å²) in [6.07, 6.45) is 2.65. The number of nitriles is 3. The molecule has 2 unspecified atom stereocenters. The van der Waals surface area contributed by atoms with Crippen LogP contribution in [0.5, 0.6) is 0 Å². The summed E-state index contributed by atoms with van der Waals surface area (Å²) in [4.78, 5) is 19.7. The molecule has 0 bridgehead atoms. The third-order valence-corrected chi connectivity index (χ3v) is 2.98. The fraction of sp³-hybridized carbons (Fsp3) is 0.125. The van der Waals surface area contributed by atoms with Crippen molar-refractivity contribution in [3.63, 3.8) is 0 Å². The molecule has 6 heteroatoms. The first kappa shape index (κ1) is 14.8. The van der Waals surface area contributed by atoms with Gasteiger partial charge in [0, 0.05) is 6.21 Å². The molecule has 1 aromatic carbocycles. The highest BCUT2D eigenvalue weighted by Gasteiger charge is 2.32. The molecule has 1 aliphatic heterocycles. The summed E-state index contributed by atoms with van der Waals surface area (Å²) in [5.41, 5.74) is 0.717. The zero-order valence-corrected chi connectivity index (χ0v) is 11.3. The molecule has 6 nitrogen and oxygen atoms in total. The van der Waals surface area contributed by atoms with Crippen LogP contribution in [0.4, 0.5) is 5.69 Å². The van der Waals surface area contributed by atoms with E-state index in [0.717, 1.165) is 0 Å². The van der Waals surface area contributed by atoms with Gasteiger partial charge in [-0.1, -0.05) is 18.2 Å². The highest BCUT2D eigenvalue weighted by Crippen LogP contribution is 2.22. The highest BCUT2D eigenvalue weighted by atomic mass is 16.1. The van der Waals surface area contributed by atoms with Gasteiger partial charge >= 0.3 is 0 Å². The predicted molar refractivity (Wildman–Crippen MR) is 78.9 cm³/mol. The largest absolute Gasteiger partial charge is 0.271 e. The first-order valence-corrected chi connectivity index (χ1v) is 6.32. The Kier molecular flexibility index (Phi) is 4.55. The summed E-state index contributed by atoms with van der Waals surface area (Å²) in [7, 11) is 0. The first-order chi connectivity index (χ1) is 10.7. The SMILES string of the molecule is N#CC(C#N)=CC1C=NC(=O)C(C#N)C1=Nc1ccccc1. The normalized spacial score (nSPS) is 21.5. The number of aliphatic imine (C=N–C) groups is 2. The Bertz CT molecular complexity index is 784. The first-order valence-electron chi connectivity index (χ1n) is 6.32. The molecule has 1 amide bonds. The Labute approximate surface area is 127 Å². The van der Waals surface area contributed by atoms with E-state index < -0.39 is 17.7 Å². The lowest BCUT2D eigenvalue weighted by Crippen LogP contribution is -2.33. The summed E-state index contributed by atoms with van der Waals surface area (Å²) in [6, 6.07) is 14.2. The maximum Gasteiger partial charge on any atom is 0.268 e. The third kappa shape index (κ3) is 3.12. The average molecular weight is 287 g/mol. The van der Waals surface area contributed by atoms with E-state index in [0.29, 0.717) is 5.69 Å². The van der Waals surface area contributed by atoms with Gasteiger partial charge < -0.3 is 0 Å². The minimum Gasteiger partial charge on any atom is -0.271 e. The van der Waals surface area contributed by atoms with E-state index >= 15 is 0 Å². The van der Waals surface area contributed by atoms with E-state index in [4.69, 9.17) is 10.5 Å². The fourth-order valence-electron chi connectivity index (χ4n) is 1.94. The second kappa shape index (κ2) is 6.74. The maximum absolute atomic E-state index is 11.7. The van der Waals surface area contributed by atoms with Crippen LogP contribution in [0.2, 0.25) is 0 Å². The highest BCUT2D eigenvalue weighted by molar-refractivity contribution is 6.19. The number of para-hydroxylation sites is 1. The van der Waals surface area contributed by atoms with Crippen LogP contribution in [-0.4, -0.2) is 17.8 Å². The zero-order valence-electron chi connectivity index (χ0n) is 11.3. The lowest BCUT2D eigenvalue weighted by Gasteiger charge is -2.18. The molecular weight excluding hydrogens is 278 g/mol. The van der Waals surface area contributed by atoms with Crippen molar-refractivity contribution in [3.8, 4) is 18.2 Å². The van der Waals surface area contributed by atoms with Crippen molar-refractivity contribution in [2.75, 3.05) is 0 Å². The fourth-order valence-corrected chi connectivity index (χ4v) is 1.94. The molecule has 0 saturated heterocycles. The predicted octanol–water partition coefficient (Wildman–Crippen LogP) is 2.10. The number of amides is 1. The standard InChI is InChI=1S/C16H9N5O/c17-7-11(8-18)6-12-10-20-16(22)14(9-19)15(12)21-13-4-2-1-3-5-13/h1-6,10,12,14H. The van der Waals surface area contributed by atoms with Gasteiger partial charge in [-0.3, -0.25) is 9.79 Å². The molecule has 22 heavy (non-hydrogen) atoms. The van der Waals surface area contributed by atoms with E-state index in [9.17, 15) is 10.1 Å². The Morgan fingerprint density at radius 1 is 1.18 bits per heavy atom. The number of rotatable bonds is 2. The van der Waals surface area contributed by atoms with Crippen molar-refractivity contribution in [3.05, 3.63) is 42.0 Å². The van der Waals surface area contributed by atoms with Crippen molar-refractivity contribution >= 4 is 23.5 Å². The molecule has 0 fully saturated rings. The van der Waals surface area contributed by atoms with Crippen LogP contribution in [0.25, 0.3) is 0 Å². The Hall–Kier alpha value is -3.56. The molecule has 0 aliphatic carbocycles. The smallest absolute Gasteiger partial charge is 0.268 e. The van der Waals surface area contributed by atoms with E-state index in [2.05, 4.69) is 9.98 Å². The lowest BCUT2D eigenvalue weighted by atomic mass is 9.88. The van der Waals surface area contributed by atoms with Gasteiger partial charge in [-0.2, -0.15) is 15.8 Å². The number of carbonyl (C=O) groups excluding carboxylic acids is 1. The van der Waals surface area contributed by atoms with Gasteiger partial charge in [-0.05, 0) is 18.2 Å². The minimum absolute atomic E-state index is 0.122. The maximum atomic E-state index is 11.7. The van der Waals surface area contributed by atoms with Gasteiger partial charge in [-0.25, -0.2) is 4.99 Å². The van der Waals surface area contributed by atoms with Gasteiger partial charge in [0.15, 0.2) is 5.92 Å². The quantitative estimate of drug-likeness (QED) is 0.775. The average Bonchev–Trinajstić information content (AvgIpc) is 2.55. The Morgan fingerprint density at radius 2 is 1.86 bits per heavy atom. The van der Waals surface area contributed by atoms with Crippen LogP contribution >= 0.6 is 0 Å². The van der Waals surface area contributed by atoms with Crippen molar-refractivity contribution in [1.29, 1.82) is 15.8 Å². The molecular formula is C16H9N5O. The molecule has 1 heterocycles. The second-order valence-electron chi connectivity index (χ2n) is 4.38. The van der Waals surface area contributed by atoms with Crippen LogP contribution in [0.15, 0.2) is 52.0 Å². The van der Waals surface area contributed by atoms with Gasteiger partial charge in [0.05, 0.1) is 23.4 Å². The van der Waals surface area contributed by atoms with Gasteiger partial charge in [0.2, 0.25) is 0 Å². The number of allylic oxidation sites excluding steroid dienone is 2. The van der Waals surface area contributed by atoms with Gasteiger partial charge in [-0.15, -0.1) is 0 Å². The van der Waals surface area contributed by atoms with Crippen LogP contribution in [0, 0.1) is 45.8 Å². The van der Waals surface area contributed by atoms with Crippen molar-refractivity contribution in [1.82, 2.24) is 0 Å². The van der Waals surface area contributed by atoms with E-state index in [-0.39, 0.29) is 11.3 Å². The molecule has 2 atom stereocenters. The Balaban J connectivity index is 2.54. The van der Waals surface area contributed by atoms with Crippen LogP contribution < -0.4 is 0 Å². The molecule has 0 aromatic heterocycles. The molecule has 104 valence electrons. The van der Waals surface area contributed by atoms with Gasteiger partial charge in [0.1, 0.15) is 17.7 Å². The van der Waals surface area contributed by atoms with Crippen LogP contribution in [0.3, 0.4) is 0 Å². The van der Waals surface area contributed by atoms with Crippen LogP contribution in [0.1, 0.15) is 0 Å². The van der Waals surface area contributed by atoms with Crippen molar-refractivity contribution in [2.24, 2.45) is 21.8 Å². The number of nitrogens with zero attached hydrogens (tertiary/aromatic N) is 5. The zero-order chi connectivity index (χ0) is 15.9. The summed E-state index contributed by atoms with van der Waals surface area (Å²) >= 11 is 0. The minimum atomic E-state index is -1.12. The summed E-state index contributed by atoms with van der Waals surface area (Å²) in [5.74, 6) is -2.36. The molecule has 0 saturated carbocycles. The van der Waals surface area contributed by atoms with E-state index in [1.807, 2.05) is 12.1 Å². The summed E-state index contributed by atoms with van der Waals surface area (Å²) in [6.45, 7) is 0. The third-order valence-electron chi connectivity index (χ3n) is 2.98. The summed E-state index contributed by atoms with van der Waals surface area (Å²) in [5, 5.41) is 26.9. The second-order valence-corrected chi connectivity index (χ2v) is 4.38. The van der Waals surface area contributed by atoms with Crippen LogP contribution in [-0.2, 0) is 4.79 Å². The van der Waals surface area contributed by atoms with Crippen molar-refractivity contribution in [2.45, 2.75) is 0 Å². The number of hydrogen-bond donors (Lipinski definition) is 0. The number of hydrogen-bond acceptors (Lipinski definition) is 5. The Morgan fingerprint density at radius 3 is 2.45 bits per heavy atom.